The number of thiophene rings is 1. The number of halogens is 1. The van der Waals surface area contributed by atoms with E-state index >= 15 is 0 Å². The molecule has 5 heteroatoms. The molecule has 0 radical (unpaired) electrons. The molecule has 0 atom stereocenters. The number of hydrogen-bond acceptors (Lipinski definition) is 4. The van der Waals surface area contributed by atoms with E-state index in [1.807, 2.05) is 19.2 Å². The highest BCUT2D eigenvalue weighted by molar-refractivity contribution is 7.16. The highest BCUT2D eigenvalue weighted by Crippen LogP contribution is 2.22. The van der Waals surface area contributed by atoms with E-state index in [1.165, 1.54) is 4.88 Å². The van der Waals surface area contributed by atoms with Gasteiger partial charge in [0.25, 0.3) is 0 Å². The van der Waals surface area contributed by atoms with Gasteiger partial charge in [-0.05, 0) is 19.2 Å². The summed E-state index contributed by atoms with van der Waals surface area (Å²) in [6, 6.07) is 3.96. The number of ether oxygens (including phenoxy) is 2. The summed E-state index contributed by atoms with van der Waals surface area (Å²) in [6.45, 7) is 1.60. The van der Waals surface area contributed by atoms with E-state index < -0.39 is 0 Å². The zero-order valence-electron chi connectivity index (χ0n) is 9.20. The van der Waals surface area contributed by atoms with Crippen molar-refractivity contribution in [1.29, 1.82) is 0 Å². The summed E-state index contributed by atoms with van der Waals surface area (Å²) in [6.07, 6.45) is -0.176. The summed E-state index contributed by atoms with van der Waals surface area (Å²) in [4.78, 5) is 3.38. The van der Waals surface area contributed by atoms with Gasteiger partial charge in [0, 0.05) is 32.2 Å². The maximum Gasteiger partial charge on any atom is 0.169 e. The van der Waals surface area contributed by atoms with Crippen LogP contribution in [0.15, 0.2) is 12.1 Å². The lowest BCUT2D eigenvalue weighted by atomic mass is 10.4. The second-order valence-electron chi connectivity index (χ2n) is 3.30. The summed E-state index contributed by atoms with van der Waals surface area (Å²) in [7, 11) is 5.31. The minimum Gasteiger partial charge on any atom is -0.355 e. The third-order valence-corrected chi connectivity index (χ3v) is 3.26. The molecule has 86 valence electrons. The lowest BCUT2D eigenvalue weighted by molar-refractivity contribution is -0.114. The standard InChI is InChI=1S/C10H16ClNO2S/c1-12(7-10(13-2)14-3)6-8-4-5-9(11)15-8/h4-5,10H,6-7H2,1-3H3. The highest BCUT2D eigenvalue weighted by Gasteiger charge is 2.10. The molecule has 0 saturated carbocycles. The van der Waals surface area contributed by atoms with E-state index in [-0.39, 0.29) is 6.29 Å². The van der Waals surface area contributed by atoms with Gasteiger partial charge in [0.15, 0.2) is 6.29 Å². The van der Waals surface area contributed by atoms with E-state index in [0.717, 1.165) is 17.4 Å². The zero-order chi connectivity index (χ0) is 11.3. The Morgan fingerprint density at radius 1 is 1.40 bits per heavy atom. The Hall–Kier alpha value is -0.130. The van der Waals surface area contributed by atoms with Crippen molar-refractivity contribution in [3.63, 3.8) is 0 Å². The molecule has 0 N–H and O–H groups in total. The van der Waals surface area contributed by atoms with Gasteiger partial charge in [-0.25, -0.2) is 0 Å². The summed E-state index contributed by atoms with van der Waals surface area (Å²) >= 11 is 7.46. The first-order chi connectivity index (χ1) is 7.15. The van der Waals surface area contributed by atoms with Crippen molar-refractivity contribution < 1.29 is 9.47 Å². The lowest BCUT2D eigenvalue weighted by Gasteiger charge is -2.21. The first-order valence-electron chi connectivity index (χ1n) is 4.64. The topological polar surface area (TPSA) is 21.7 Å². The van der Waals surface area contributed by atoms with Gasteiger partial charge >= 0.3 is 0 Å². The largest absolute Gasteiger partial charge is 0.355 e. The molecule has 0 spiro atoms. The SMILES string of the molecule is COC(CN(C)Cc1ccc(Cl)s1)OC. The normalized spacial score (nSPS) is 11.6. The fourth-order valence-corrected chi connectivity index (χ4v) is 2.43. The van der Waals surface area contributed by atoms with Crippen LogP contribution in [0.3, 0.4) is 0 Å². The molecule has 1 aromatic heterocycles. The molecule has 1 aromatic rings. The third kappa shape index (κ3) is 4.49. The number of nitrogens with zero attached hydrogens (tertiary/aromatic N) is 1. The van der Waals surface area contributed by atoms with Gasteiger partial charge in [-0.1, -0.05) is 11.6 Å². The molecule has 1 rings (SSSR count). The van der Waals surface area contributed by atoms with Crippen LogP contribution in [0, 0.1) is 0 Å². The van der Waals surface area contributed by atoms with Crippen LogP contribution in [0.1, 0.15) is 4.88 Å². The van der Waals surface area contributed by atoms with Crippen LogP contribution >= 0.6 is 22.9 Å². The maximum absolute atomic E-state index is 5.85. The molecular formula is C10H16ClNO2S. The summed E-state index contributed by atoms with van der Waals surface area (Å²) in [5.74, 6) is 0. The van der Waals surface area contributed by atoms with Crippen molar-refractivity contribution >= 4 is 22.9 Å². The van der Waals surface area contributed by atoms with Crippen LogP contribution in [0.5, 0.6) is 0 Å². The Balaban J connectivity index is 2.38. The maximum atomic E-state index is 5.85. The Bertz CT molecular complexity index is 289. The van der Waals surface area contributed by atoms with Gasteiger partial charge in [-0.15, -0.1) is 11.3 Å². The second-order valence-corrected chi connectivity index (χ2v) is 5.10. The fraction of sp³-hybridized carbons (Fsp3) is 0.600. The van der Waals surface area contributed by atoms with Crippen molar-refractivity contribution in [2.24, 2.45) is 0 Å². The molecule has 15 heavy (non-hydrogen) atoms. The van der Waals surface area contributed by atoms with Gasteiger partial charge in [0.1, 0.15) is 0 Å². The Morgan fingerprint density at radius 3 is 2.53 bits per heavy atom. The van der Waals surface area contributed by atoms with Crippen molar-refractivity contribution in [3.8, 4) is 0 Å². The minimum absolute atomic E-state index is 0.176. The lowest BCUT2D eigenvalue weighted by Crippen LogP contribution is -2.31. The Kier molecular flexibility index (Phi) is 5.56. The number of rotatable bonds is 6. The molecule has 0 unspecified atom stereocenters. The first-order valence-corrected chi connectivity index (χ1v) is 5.83. The second kappa shape index (κ2) is 6.45. The van der Waals surface area contributed by atoms with Gasteiger partial charge in [0.05, 0.1) is 4.34 Å². The molecule has 0 saturated heterocycles. The summed E-state index contributed by atoms with van der Waals surface area (Å²) < 4.78 is 11.1. The number of hydrogen-bond donors (Lipinski definition) is 0. The molecule has 0 aliphatic carbocycles. The molecule has 0 aliphatic rings. The Morgan fingerprint density at radius 2 is 2.07 bits per heavy atom. The summed E-state index contributed by atoms with van der Waals surface area (Å²) in [5.41, 5.74) is 0. The van der Waals surface area contributed by atoms with Crippen molar-refractivity contribution in [2.75, 3.05) is 27.8 Å². The van der Waals surface area contributed by atoms with E-state index in [1.54, 1.807) is 25.6 Å². The number of methoxy groups -OCH3 is 2. The molecule has 0 aromatic carbocycles. The quantitative estimate of drug-likeness (QED) is 0.723. The van der Waals surface area contributed by atoms with Crippen molar-refractivity contribution in [2.45, 2.75) is 12.8 Å². The van der Waals surface area contributed by atoms with Crippen LogP contribution in [0.2, 0.25) is 4.34 Å². The molecule has 0 aliphatic heterocycles. The van der Waals surface area contributed by atoms with Gasteiger partial charge < -0.3 is 9.47 Å². The molecule has 3 nitrogen and oxygen atoms in total. The predicted octanol–water partition coefficient (Wildman–Crippen LogP) is 2.45. The van der Waals surface area contributed by atoms with Crippen LogP contribution in [0.4, 0.5) is 0 Å². The van der Waals surface area contributed by atoms with E-state index in [0.29, 0.717) is 0 Å². The molecule has 0 amide bonds. The molecule has 1 heterocycles. The van der Waals surface area contributed by atoms with Crippen LogP contribution in [-0.2, 0) is 16.0 Å². The van der Waals surface area contributed by atoms with Crippen LogP contribution in [0.25, 0.3) is 0 Å². The fourth-order valence-electron chi connectivity index (χ4n) is 1.27. The van der Waals surface area contributed by atoms with Crippen LogP contribution in [-0.4, -0.2) is 39.0 Å². The molecular weight excluding hydrogens is 234 g/mol. The van der Waals surface area contributed by atoms with E-state index in [2.05, 4.69) is 4.90 Å². The monoisotopic (exact) mass is 249 g/mol. The van der Waals surface area contributed by atoms with E-state index in [4.69, 9.17) is 21.1 Å². The molecule has 0 bridgehead atoms. The van der Waals surface area contributed by atoms with Crippen molar-refractivity contribution in [1.82, 2.24) is 4.90 Å². The molecule has 0 fully saturated rings. The van der Waals surface area contributed by atoms with Crippen LogP contribution < -0.4 is 0 Å². The van der Waals surface area contributed by atoms with Gasteiger partial charge in [-0.3, -0.25) is 4.90 Å². The zero-order valence-corrected chi connectivity index (χ0v) is 10.8. The predicted molar refractivity (Wildman–Crippen MR) is 63.5 cm³/mol. The Labute approximate surface area is 99.6 Å². The van der Waals surface area contributed by atoms with Gasteiger partial charge in [-0.2, -0.15) is 0 Å². The average molecular weight is 250 g/mol. The van der Waals surface area contributed by atoms with Crippen molar-refractivity contribution in [3.05, 3.63) is 21.3 Å². The third-order valence-electron chi connectivity index (χ3n) is 2.04. The highest BCUT2D eigenvalue weighted by atomic mass is 35.5. The summed E-state index contributed by atoms with van der Waals surface area (Å²) in [5, 5.41) is 0. The number of likely N-dealkylation sites (N-methyl/N-ethyl adjacent to an activating group) is 1. The minimum atomic E-state index is -0.176. The van der Waals surface area contributed by atoms with E-state index in [9.17, 15) is 0 Å². The average Bonchev–Trinajstić information content (AvgIpc) is 2.60. The van der Waals surface area contributed by atoms with Gasteiger partial charge in [0.2, 0.25) is 0 Å². The first kappa shape index (κ1) is 12.9. The smallest absolute Gasteiger partial charge is 0.169 e.